The molecule has 0 bridgehead atoms. The zero-order chi connectivity index (χ0) is 15.9. The molecule has 5 nitrogen and oxygen atoms in total. The van der Waals surface area contributed by atoms with Crippen molar-refractivity contribution in [2.45, 2.75) is 32.8 Å². The van der Waals surface area contributed by atoms with Gasteiger partial charge in [-0.15, -0.1) is 0 Å². The Labute approximate surface area is 124 Å². The van der Waals surface area contributed by atoms with E-state index in [0.29, 0.717) is 30.8 Å². The predicted molar refractivity (Wildman–Crippen MR) is 78.5 cm³/mol. The first-order chi connectivity index (χ1) is 9.92. The Balaban J connectivity index is 2.65. The molecule has 0 saturated heterocycles. The predicted octanol–water partition coefficient (Wildman–Crippen LogP) is 2.22. The Morgan fingerprint density at radius 3 is 2.19 bits per heavy atom. The molecule has 0 aliphatic rings. The third-order valence-electron chi connectivity index (χ3n) is 3.23. The van der Waals surface area contributed by atoms with Crippen molar-refractivity contribution in [3.8, 4) is 0 Å². The van der Waals surface area contributed by atoms with Gasteiger partial charge in [0, 0.05) is 12.2 Å². The van der Waals surface area contributed by atoms with Gasteiger partial charge in [0.2, 0.25) is 0 Å². The molecular formula is C16H22O5. The van der Waals surface area contributed by atoms with Crippen LogP contribution in [0.2, 0.25) is 0 Å². The van der Waals surface area contributed by atoms with Gasteiger partial charge < -0.3 is 14.6 Å². The van der Waals surface area contributed by atoms with E-state index >= 15 is 0 Å². The summed E-state index contributed by atoms with van der Waals surface area (Å²) in [6.45, 7) is 6.21. The summed E-state index contributed by atoms with van der Waals surface area (Å²) in [5.74, 6) is -0.822. The molecule has 0 aliphatic heterocycles. The largest absolute Gasteiger partial charge is 0.460 e. The van der Waals surface area contributed by atoms with Crippen molar-refractivity contribution in [1.82, 2.24) is 0 Å². The number of esters is 1. The molecule has 1 rings (SSSR count). The van der Waals surface area contributed by atoms with Crippen LogP contribution in [-0.4, -0.2) is 42.3 Å². The first-order valence-corrected chi connectivity index (χ1v) is 7.04. The number of ether oxygens (including phenoxy) is 2. The smallest absolute Gasteiger partial charge is 0.338 e. The average molecular weight is 294 g/mol. The zero-order valence-corrected chi connectivity index (χ0v) is 12.7. The van der Waals surface area contributed by atoms with Gasteiger partial charge in [0.15, 0.2) is 5.78 Å². The molecule has 1 aromatic rings. The Morgan fingerprint density at radius 1 is 1.10 bits per heavy atom. The van der Waals surface area contributed by atoms with Crippen molar-refractivity contribution in [2.75, 3.05) is 19.8 Å². The van der Waals surface area contributed by atoms with Crippen LogP contribution >= 0.6 is 0 Å². The molecule has 0 heterocycles. The molecule has 21 heavy (non-hydrogen) atoms. The molecule has 0 spiro atoms. The van der Waals surface area contributed by atoms with E-state index in [1.54, 1.807) is 6.92 Å². The van der Waals surface area contributed by atoms with Gasteiger partial charge >= 0.3 is 5.97 Å². The van der Waals surface area contributed by atoms with Crippen LogP contribution in [0.15, 0.2) is 24.3 Å². The zero-order valence-electron chi connectivity index (χ0n) is 12.7. The van der Waals surface area contributed by atoms with Crippen LogP contribution in [-0.2, 0) is 9.47 Å². The van der Waals surface area contributed by atoms with Crippen molar-refractivity contribution >= 4 is 11.8 Å². The molecule has 1 aromatic carbocycles. The minimum Gasteiger partial charge on any atom is -0.460 e. The lowest BCUT2D eigenvalue weighted by Gasteiger charge is -2.19. The van der Waals surface area contributed by atoms with E-state index in [9.17, 15) is 14.7 Å². The summed E-state index contributed by atoms with van der Waals surface area (Å²) in [5, 5.41) is 9.94. The normalized spacial score (nSPS) is 13.5. The highest BCUT2D eigenvalue weighted by molar-refractivity contribution is 6.02. The maximum absolute atomic E-state index is 12.0. The molecule has 0 fully saturated rings. The van der Waals surface area contributed by atoms with Gasteiger partial charge in [0.25, 0.3) is 0 Å². The van der Waals surface area contributed by atoms with Crippen molar-refractivity contribution in [3.05, 3.63) is 35.4 Å². The molecule has 0 saturated carbocycles. The van der Waals surface area contributed by atoms with Crippen LogP contribution < -0.4 is 0 Å². The molecule has 0 radical (unpaired) electrons. The Hall–Kier alpha value is -1.72. The van der Waals surface area contributed by atoms with Crippen LogP contribution in [0, 0.1) is 0 Å². The number of hydrogen-bond donors (Lipinski definition) is 1. The van der Waals surface area contributed by atoms with Crippen LogP contribution in [0.3, 0.4) is 0 Å². The number of rotatable bonds is 8. The minimum atomic E-state index is -1.39. The molecule has 1 atom stereocenters. The highest BCUT2D eigenvalue weighted by atomic mass is 16.6. The van der Waals surface area contributed by atoms with E-state index < -0.39 is 11.6 Å². The molecule has 1 N–H and O–H groups in total. The summed E-state index contributed by atoms with van der Waals surface area (Å²) < 4.78 is 10.1. The monoisotopic (exact) mass is 294 g/mol. The van der Waals surface area contributed by atoms with Crippen LogP contribution in [0.5, 0.6) is 0 Å². The summed E-state index contributed by atoms with van der Waals surface area (Å²) in [4.78, 5) is 23.8. The second-order valence-electron chi connectivity index (χ2n) is 4.87. The first-order valence-electron chi connectivity index (χ1n) is 7.04. The van der Waals surface area contributed by atoms with E-state index in [-0.39, 0.29) is 12.4 Å². The molecule has 0 aliphatic carbocycles. The van der Waals surface area contributed by atoms with E-state index in [1.807, 2.05) is 6.92 Å². The molecule has 0 amide bonds. The fourth-order valence-corrected chi connectivity index (χ4v) is 1.65. The summed E-state index contributed by atoms with van der Waals surface area (Å²) in [6, 6.07) is 6.07. The van der Waals surface area contributed by atoms with Gasteiger partial charge in [0.1, 0.15) is 12.2 Å². The highest BCUT2D eigenvalue weighted by Gasteiger charge is 2.28. The second kappa shape index (κ2) is 7.90. The topological polar surface area (TPSA) is 72.8 Å². The molecule has 0 aromatic heterocycles. The second-order valence-corrected chi connectivity index (χ2v) is 4.87. The van der Waals surface area contributed by atoms with Crippen LogP contribution in [0.1, 0.15) is 47.9 Å². The Bertz CT molecular complexity index is 476. The van der Waals surface area contributed by atoms with Crippen molar-refractivity contribution < 1.29 is 24.2 Å². The number of benzene rings is 1. The average Bonchev–Trinajstić information content (AvgIpc) is 2.50. The Morgan fingerprint density at radius 2 is 1.67 bits per heavy atom. The number of aliphatic hydroxyl groups is 1. The number of ketones is 1. The highest BCUT2D eigenvalue weighted by Crippen LogP contribution is 2.17. The van der Waals surface area contributed by atoms with Gasteiger partial charge in [-0.1, -0.05) is 19.1 Å². The quantitative estimate of drug-likeness (QED) is 0.452. The van der Waals surface area contributed by atoms with E-state index in [4.69, 9.17) is 9.47 Å². The molecule has 5 heteroatoms. The summed E-state index contributed by atoms with van der Waals surface area (Å²) >= 11 is 0. The molecule has 116 valence electrons. The maximum atomic E-state index is 12.0. The van der Waals surface area contributed by atoms with Crippen LogP contribution in [0.25, 0.3) is 0 Å². The lowest BCUT2D eigenvalue weighted by molar-refractivity contribution is 0.0334. The lowest BCUT2D eigenvalue weighted by Crippen LogP contribution is -2.34. The van der Waals surface area contributed by atoms with Gasteiger partial charge in [-0.25, -0.2) is 4.79 Å². The SMILES string of the molecule is CCOCCOC(=O)c1ccc(C(=O)C(C)(O)CC)cc1. The van der Waals surface area contributed by atoms with Gasteiger partial charge in [-0.05, 0) is 32.4 Å². The molecular weight excluding hydrogens is 272 g/mol. The van der Waals surface area contributed by atoms with Gasteiger partial charge in [-0.3, -0.25) is 4.79 Å². The summed E-state index contributed by atoms with van der Waals surface area (Å²) in [7, 11) is 0. The first kappa shape index (κ1) is 17.3. The third-order valence-corrected chi connectivity index (χ3v) is 3.23. The third kappa shape index (κ3) is 4.95. The van der Waals surface area contributed by atoms with E-state index in [0.717, 1.165) is 0 Å². The standard InChI is InChI=1S/C16H22O5/c1-4-16(3,19)14(17)12-6-8-13(9-7-12)15(18)21-11-10-20-5-2/h6-9,19H,4-5,10-11H2,1-3H3. The lowest BCUT2D eigenvalue weighted by atomic mass is 9.92. The summed E-state index contributed by atoms with van der Waals surface area (Å²) in [6.07, 6.45) is 0.326. The number of hydrogen-bond acceptors (Lipinski definition) is 5. The van der Waals surface area contributed by atoms with Gasteiger partial charge in [-0.2, -0.15) is 0 Å². The number of Topliss-reactive ketones (excluding diaryl/α,β-unsaturated/α-hetero) is 1. The maximum Gasteiger partial charge on any atom is 0.338 e. The van der Waals surface area contributed by atoms with Gasteiger partial charge in [0.05, 0.1) is 12.2 Å². The van der Waals surface area contributed by atoms with Crippen molar-refractivity contribution in [3.63, 3.8) is 0 Å². The Kier molecular flexibility index (Phi) is 6.52. The minimum absolute atomic E-state index is 0.192. The van der Waals surface area contributed by atoms with Crippen molar-refractivity contribution in [2.24, 2.45) is 0 Å². The van der Waals surface area contributed by atoms with E-state index in [1.165, 1.54) is 31.2 Å². The van der Waals surface area contributed by atoms with E-state index in [2.05, 4.69) is 0 Å². The number of carbonyl (C=O) groups excluding carboxylic acids is 2. The fourth-order valence-electron chi connectivity index (χ4n) is 1.65. The fraction of sp³-hybridized carbons (Fsp3) is 0.500. The summed E-state index contributed by atoms with van der Waals surface area (Å²) in [5.41, 5.74) is -0.661. The van der Waals surface area contributed by atoms with Crippen LogP contribution in [0.4, 0.5) is 0 Å². The number of carbonyl (C=O) groups is 2. The van der Waals surface area contributed by atoms with Crippen molar-refractivity contribution in [1.29, 1.82) is 0 Å². The molecule has 1 unspecified atom stereocenters.